The number of carbonyl (C=O) groups excluding carboxylic acids is 1. The van der Waals surface area contributed by atoms with Crippen LogP contribution in [0.15, 0.2) is 24.3 Å². The average Bonchev–Trinajstić information content (AvgIpc) is 2.54. The number of hydrogen-bond donors (Lipinski definition) is 1. The summed E-state index contributed by atoms with van der Waals surface area (Å²) >= 11 is 0. The lowest BCUT2D eigenvalue weighted by Crippen LogP contribution is -2.42. The summed E-state index contributed by atoms with van der Waals surface area (Å²) in [6.07, 6.45) is 2.17. The Morgan fingerprint density at radius 3 is 2.55 bits per heavy atom. The van der Waals surface area contributed by atoms with Crippen molar-refractivity contribution in [2.24, 2.45) is 0 Å². The summed E-state index contributed by atoms with van der Waals surface area (Å²) in [5, 5.41) is 14.0. The molecule has 0 bridgehead atoms. The van der Waals surface area contributed by atoms with Gasteiger partial charge in [0.25, 0.3) is 5.69 Å². The monoisotopic (exact) mass is 307 g/mol. The summed E-state index contributed by atoms with van der Waals surface area (Å²) in [5.41, 5.74) is 0.957. The number of likely N-dealkylation sites (tertiary alicyclic amines) is 1. The first kappa shape index (κ1) is 16.2. The first-order valence-corrected chi connectivity index (χ1v) is 7.38. The predicted octanol–water partition coefficient (Wildman–Crippen LogP) is 2.03. The minimum Gasteiger partial charge on any atom is -0.384 e. The minimum atomic E-state index is -0.409. The van der Waals surface area contributed by atoms with Gasteiger partial charge < -0.3 is 15.0 Å². The third-order valence-electron chi connectivity index (χ3n) is 3.82. The summed E-state index contributed by atoms with van der Waals surface area (Å²) in [6, 6.07) is 6.70. The van der Waals surface area contributed by atoms with Crippen LogP contribution in [0, 0.1) is 10.1 Å². The number of nitrogens with zero attached hydrogens (tertiary/aromatic N) is 2. The van der Waals surface area contributed by atoms with Crippen molar-refractivity contribution >= 4 is 17.3 Å². The van der Waals surface area contributed by atoms with E-state index in [1.807, 2.05) is 4.90 Å². The number of nitro groups is 1. The second-order valence-corrected chi connectivity index (χ2v) is 5.35. The van der Waals surface area contributed by atoms with E-state index in [0.29, 0.717) is 13.0 Å². The third kappa shape index (κ3) is 4.42. The highest BCUT2D eigenvalue weighted by atomic mass is 16.6. The van der Waals surface area contributed by atoms with Crippen LogP contribution in [0.5, 0.6) is 0 Å². The van der Waals surface area contributed by atoms with E-state index >= 15 is 0 Å². The van der Waals surface area contributed by atoms with Crippen molar-refractivity contribution in [3.63, 3.8) is 0 Å². The van der Waals surface area contributed by atoms with Crippen molar-refractivity contribution in [3.8, 4) is 0 Å². The Balaban J connectivity index is 1.79. The zero-order chi connectivity index (χ0) is 15.9. The molecule has 7 nitrogen and oxygen atoms in total. The van der Waals surface area contributed by atoms with Crippen LogP contribution in [0.1, 0.15) is 19.3 Å². The molecule has 1 saturated heterocycles. The molecule has 0 atom stereocenters. The Morgan fingerprint density at radius 1 is 1.36 bits per heavy atom. The number of ether oxygens (including phenoxy) is 1. The molecule has 1 fully saturated rings. The Hall–Kier alpha value is -2.15. The van der Waals surface area contributed by atoms with Gasteiger partial charge in [-0.1, -0.05) is 0 Å². The first-order chi connectivity index (χ1) is 10.6. The van der Waals surface area contributed by atoms with Crippen molar-refractivity contribution < 1.29 is 14.5 Å². The average molecular weight is 307 g/mol. The quantitative estimate of drug-likeness (QED) is 0.642. The predicted molar refractivity (Wildman–Crippen MR) is 82.8 cm³/mol. The van der Waals surface area contributed by atoms with Gasteiger partial charge in [-0.15, -0.1) is 0 Å². The van der Waals surface area contributed by atoms with Crippen LogP contribution in [0.3, 0.4) is 0 Å². The van der Waals surface area contributed by atoms with Crippen molar-refractivity contribution in [2.45, 2.75) is 25.3 Å². The van der Waals surface area contributed by atoms with E-state index in [9.17, 15) is 14.9 Å². The van der Waals surface area contributed by atoms with Crippen LogP contribution in [-0.4, -0.2) is 48.6 Å². The van der Waals surface area contributed by atoms with Crippen LogP contribution >= 0.6 is 0 Å². The minimum absolute atomic E-state index is 0.0871. The van der Waals surface area contributed by atoms with E-state index in [4.69, 9.17) is 4.74 Å². The normalized spacial score (nSPS) is 15.6. The van der Waals surface area contributed by atoms with E-state index in [-0.39, 0.29) is 17.6 Å². The van der Waals surface area contributed by atoms with E-state index in [0.717, 1.165) is 31.6 Å². The standard InChI is InChI=1S/C15H21N3O4/c1-22-11-8-15(19)17-9-6-13(7-10-17)16-12-2-4-14(5-3-12)18(20)21/h2-5,13,16H,6-11H2,1H3. The molecule has 1 aromatic carbocycles. The fraction of sp³-hybridized carbons (Fsp3) is 0.533. The van der Waals surface area contributed by atoms with Gasteiger partial charge >= 0.3 is 0 Å². The van der Waals surface area contributed by atoms with Gasteiger partial charge in [-0.3, -0.25) is 14.9 Å². The highest BCUT2D eigenvalue weighted by molar-refractivity contribution is 5.76. The maximum absolute atomic E-state index is 11.9. The van der Waals surface area contributed by atoms with Crippen LogP contribution in [-0.2, 0) is 9.53 Å². The van der Waals surface area contributed by atoms with Crippen LogP contribution in [0.4, 0.5) is 11.4 Å². The zero-order valence-electron chi connectivity index (χ0n) is 12.7. The Bertz CT molecular complexity index is 510. The van der Waals surface area contributed by atoms with Gasteiger partial charge in [0.1, 0.15) is 0 Å². The highest BCUT2D eigenvalue weighted by Crippen LogP contribution is 2.20. The smallest absolute Gasteiger partial charge is 0.269 e. The Kier molecular flexibility index (Phi) is 5.71. The molecule has 1 aliphatic rings. The van der Waals surface area contributed by atoms with Gasteiger partial charge in [-0.25, -0.2) is 0 Å². The molecule has 0 radical (unpaired) electrons. The number of anilines is 1. The van der Waals surface area contributed by atoms with Gasteiger partial charge in [-0.05, 0) is 25.0 Å². The Morgan fingerprint density at radius 2 is 2.00 bits per heavy atom. The van der Waals surface area contributed by atoms with Crippen LogP contribution in [0.2, 0.25) is 0 Å². The lowest BCUT2D eigenvalue weighted by Gasteiger charge is -2.33. The number of amides is 1. The molecule has 0 saturated carbocycles. The van der Waals surface area contributed by atoms with Crippen molar-refractivity contribution in [3.05, 3.63) is 34.4 Å². The lowest BCUT2D eigenvalue weighted by atomic mass is 10.0. The molecule has 2 rings (SSSR count). The molecular weight excluding hydrogens is 286 g/mol. The number of carbonyl (C=O) groups is 1. The van der Waals surface area contributed by atoms with Gasteiger partial charge in [0.2, 0.25) is 5.91 Å². The van der Waals surface area contributed by atoms with Gasteiger partial charge in [0, 0.05) is 44.1 Å². The van der Waals surface area contributed by atoms with Crippen LogP contribution < -0.4 is 5.32 Å². The lowest BCUT2D eigenvalue weighted by molar-refractivity contribution is -0.384. The van der Waals surface area contributed by atoms with E-state index in [1.54, 1.807) is 19.2 Å². The molecule has 0 unspecified atom stereocenters. The molecule has 7 heteroatoms. The van der Waals surface area contributed by atoms with E-state index < -0.39 is 4.92 Å². The number of hydrogen-bond acceptors (Lipinski definition) is 5. The van der Waals surface area contributed by atoms with Crippen LogP contribution in [0.25, 0.3) is 0 Å². The number of rotatable bonds is 6. The summed E-state index contributed by atoms with van der Waals surface area (Å²) in [6.45, 7) is 1.92. The van der Waals surface area contributed by atoms with Gasteiger partial charge in [-0.2, -0.15) is 0 Å². The molecule has 0 spiro atoms. The molecule has 1 N–H and O–H groups in total. The second kappa shape index (κ2) is 7.74. The SMILES string of the molecule is COCCC(=O)N1CCC(Nc2ccc([N+](=O)[O-])cc2)CC1. The third-order valence-corrected chi connectivity index (χ3v) is 3.82. The van der Waals surface area contributed by atoms with E-state index in [2.05, 4.69) is 5.32 Å². The highest BCUT2D eigenvalue weighted by Gasteiger charge is 2.22. The topological polar surface area (TPSA) is 84.7 Å². The maximum Gasteiger partial charge on any atom is 0.269 e. The number of nitro benzene ring substituents is 1. The first-order valence-electron chi connectivity index (χ1n) is 7.38. The molecule has 1 aliphatic heterocycles. The summed E-state index contributed by atoms with van der Waals surface area (Å²) < 4.78 is 4.92. The van der Waals surface area contributed by atoms with Crippen molar-refractivity contribution in [1.82, 2.24) is 4.90 Å². The summed E-state index contributed by atoms with van der Waals surface area (Å²) in [4.78, 5) is 24.0. The van der Waals surface area contributed by atoms with Gasteiger partial charge in [0.05, 0.1) is 18.0 Å². The fourth-order valence-electron chi connectivity index (χ4n) is 2.54. The summed E-state index contributed by atoms with van der Waals surface area (Å²) in [5.74, 6) is 0.135. The van der Waals surface area contributed by atoms with Gasteiger partial charge in [0.15, 0.2) is 0 Å². The zero-order valence-corrected chi connectivity index (χ0v) is 12.7. The second-order valence-electron chi connectivity index (χ2n) is 5.35. The number of benzene rings is 1. The molecule has 1 aromatic rings. The fourth-order valence-corrected chi connectivity index (χ4v) is 2.54. The largest absolute Gasteiger partial charge is 0.384 e. The maximum atomic E-state index is 11.9. The molecule has 0 aromatic heterocycles. The van der Waals surface area contributed by atoms with Crippen molar-refractivity contribution in [1.29, 1.82) is 0 Å². The number of piperidine rings is 1. The number of non-ortho nitro benzene ring substituents is 1. The Labute approximate surface area is 129 Å². The van der Waals surface area contributed by atoms with Crippen molar-refractivity contribution in [2.75, 3.05) is 32.1 Å². The summed E-state index contributed by atoms with van der Waals surface area (Å²) in [7, 11) is 1.59. The molecule has 120 valence electrons. The molecule has 22 heavy (non-hydrogen) atoms. The number of nitrogens with one attached hydrogen (secondary N) is 1. The molecule has 1 heterocycles. The number of methoxy groups -OCH3 is 1. The molecular formula is C15H21N3O4. The molecule has 0 aliphatic carbocycles. The van der Waals surface area contributed by atoms with E-state index in [1.165, 1.54) is 12.1 Å². The molecule has 1 amide bonds.